The Bertz CT molecular complexity index is 210. The SMILES string of the molecule is CN1CCN(C)C(C(N)CCC(C)(C)C)C1. The average Bonchev–Trinajstić information content (AvgIpc) is 2.17. The van der Waals surface area contributed by atoms with Crippen LogP contribution in [-0.2, 0) is 0 Å². The van der Waals surface area contributed by atoms with Crippen molar-refractivity contribution < 1.29 is 0 Å². The molecule has 1 fully saturated rings. The molecule has 0 bridgehead atoms. The molecule has 1 aliphatic heterocycles. The van der Waals surface area contributed by atoms with E-state index in [0.717, 1.165) is 19.5 Å². The van der Waals surface area contributed by atoms with Gasteiger partial charge in [-0.3, -0.25) is 4.90 Å². The van der Waals surface area contributed by atoms with Gasteiger partial charge in [-0.15, -0.1) is 0 Å². The Hall–Kier alpha value is -0.120. The molecule has 3 nitrogen and oxygen atoms in total. The molecule has 0 saturated carbocycles. The number of nitrogens with two attached hydrogens (primary N) is 1. The molecule has 0 amide bonds. The number of likely N-dealkylation sites (N-methyl/N-ethyl adjacent to an activating group) is 2. The van der Waals surface area contributed by atoms with E-state index >= 15 is 0 Å². The molecule has 2 N–H and O–H groups in total. The zero-order valence-corrected chi connectivity index (χ0v) is 11.7. The summed E-state index contributed by atoms with van der Waals surface area (Å²) in [5.41, 5.74) is 6.74. The van der Waals surface area contributed by atoms with E-state index in [4.69, 9.17) is 5.73 Å². The monoisotopic (exact) mass is 227 g/mol. The van der Waals surface area contributed by atoms with Crippen molar-refractivity contribution in [1.82, 2.24) is 9.80 Å². The van der Waals surface area contributed by atoms with Crippen molar-refractivity contribution in [2.24, 2.45) is 11.1 Å². The van der Waals surface area contributed by atoms with Crippen molar-refractivity contribution in [2.45, 2.75) is 45.7 Å². The van der Waals surface area contributed by atoms with Crippen molar-refractivity contribution in [3.05, 3.63) is 0 Å². The van der Waals surface area contributed by atoms with Crippen LogP contribution in [0.25, 0.3) is 0 Å². The van der Waals surface area contributed by atoms with Gasteiger partial charge in [0.25, 0.3) is 0 Å². The number of hydrogen-bond donors (Lipinski definition) is 1. The Morgan fingerprint density at radius 2 is 1.88 bits per heavy atom. The molecule has 0 radical (unpaired) electrons. The summed E-state index contributed by atoms with van der Waals surface area (Å²) < 4.78 is 0. The molecule has 0 aromatic heterocycles. The lowest BCUT2D eigenvalue weighted by Crippen LogP contribution is -2.57. The van der Waals surface area contributed by atoms with E-state index < -0.39 is 0 Å². The summed E-state index contributed by atoms with van der Waals surface area (Å²) in [7, 11) is 4.39. The average molecular weight is 227 g/mol. The van der Waals surface area contributed by atoms with E-state index in [0.29, 0.717) is 17.5 Å². The van der Waals surface area contributed by atoms with Crippen LogP contribution in [0.5, 0.6) is 0 Å². The number of rotatable bonds is 3. The first kappa shape index (κ1) is 13.9. The predicted octanol–water partition coefficient (Wildman–Crippen LogP) is 1.39. The van der Waals surface area contributed by atoms with Crippen molar-refractivity contribution in [1.29, 1.82) is 0 Å². The molecule has 1 rings (SSSR count). The third-order valence-corrected chi connectivity index (χ3v) is 3.62. The highest BCUT2D eigenvalue weighted by molar-refractivity contribution is 4.87. The molecule has 1 saturated heterocycles. The number of hydrogen-bond acceptors (Lipinski definition) is 3. The van der Waals surface area contributed by atoms with Crippen molar-refractivity contribution >= 4 is 0 Å². The zero-order valence-electron chi connectivity index (χ0n) is 11.7. The Morgan fingerprint density at radius 1 is 1.25 bits per heavy atom. The lowest BCUT2D eigenvalue weighted by Gasteiger charge is -2.41. The Labute approximate surface area is 101 Å². The quantitative estimate of drug-likeness (QED) is 0.791. The topological polar surface area (TPSA) is 32.5 Å². The molecule has 1 aliphatic rings. The number of piperazine rings is 1. The molecule has 0 aromatic rings. The molecule has 2 atom stereocenters. The van der Waals surface area contributed by atoms with Crippen molar-refractivity contribution in [2.75, 3.05) is 33.7 Å². The fourth-order valence-electron chi connectivity index (χ4n) is 2.30. The summed E-state index contributed by atoms with van der Waals surface area (Å²) in [6.45, 7) is 10.3. The summed E-state index contributed by atoms with van der Waals surface area (Å²) in [4.78, 5) is 4.81. The largest absolute Gasteiger partial charge is 0.326 e. The van der Waals surface area contributed by atoms with Crippen molar-refractivity contribution in [3.63, 3.8) is 0 Å². The summed E-state index contributed by atoms with van der Waals surface area (Å²) in [6, 6.07) is 0.841. The zero-order chi connectivity index (χ0) is 12.3. The second kappa shape index (κ2) is 5.48. The van der Waals surface area contributed by atoms with Gasteiger partial charge in [-0.25, -0.2) is 0 Å². The van der Waals surface area contributed by atoms with Crippen LogP contribution in [0.4, 0.5) is 0 Å². The van der Waals surface area contributed by atoms with Gasteiger partial charge in [0.05, 0.1) is 0 Å². The van der Waals surface area contributed by atoms with Crippen LogP contribution in [0.3, 0.4) is 0 Å². The van der Waals surface area contributed by atoms with Crippen LogP contribution >= 0.6 is 0 Å². The summed E-state index contributed by atoms with van der Waals surface area (Å²) >= 11 is 0. The normalized spacial score (nSPS) is 27.0. The molecule has 96 valence electrons. The molecule has 0 spiro atoms. The number of nitrogens with zero attached hydrogens (tertiary/aromatic N) is 2. The Kier molecular flexibility index (Phi) is 4.77. The second-order valence-electron chi connectivity index (χ2n) is 6.57. The maximum Gasteiger partial charge on any atom is 0.0371 e. The summed E-state index contributed by atoms with van der Waals surface area (Å²) in [5, 5.41) is 0. The third kappa shape index (κ3) is 4.40. The van der Waals surface area contributed by atoms with Gasteiger partial charge in [0.15, 0.2) is 0 Å². The highest BCUT2D eigenvalue weighted by Crippen LogP contribution is 2.23. The predicted molar refractivity (Wildman–Crippen MR) is 70.6 cm³/mol. The molecule has 1 heterocycles. The van der Waals surface area contributed by atoms with Gasteiger partial charge in [-0.05, 0) is 32.4 Å². The van der Waals surface area contributed by atoms with Crippen LogP contribution in [0.15, 0.2) is 0 Å². The van der Waals surface area contributed by atoms with E-state index in [1.807, 2.05) is 0 Å². The molecular weight excluding hydrogens is 198 g/mol. The Morgan fingerprint density at radius 3 is 2.44 bits per heavy atom. The van der Waals surface area contributed by atoms with Gasteiger partial charge in [0, 0.05) is 31.7 Å². The minimum absolute atomic E-state index is 0.312. The lowest BCUT2D eigenvalue weighted by atomic mass is 9.87. The Balaban J connectivity index is 2.42. The molecule has 3 heteroatoms. The standard InChI is InChI=1S/C13H29N3/c1-13(2,3)7-6-11(14)12-10-15(4)8-9-16(12)5/h11-12H,6-10,14H2,1-5H3. The van der Waals surface area contributed by atoms with Crippen LogP contribution in [0.1, 0.15) is 33.6 Å². The van der Waals surface area contributed by atoms with Gasteiger partial charge in [0.2, 0.25) is 0 Å². The van der Waals surface area contributed by atoms with Crippen LogP contribution in [0, 0.1) is 5.41 Å². The van der Waals surface area contributed by atoms with Crippen LogP contribution in [0.2, 0.25) is 0 Å². The molecule has 0 aromatic carbocycles. The van der Waals surface area contributed by atoms with E-state index in [9.17, 15) is 0 Å². The highest BCUT2D eigenvalue weighted by atomic mass is 15.3. The van der Waals surface area contributed by atoms with E-state index in [-0.39, 0.29) is 0 Å². The first-order valence-corrected chi connectivity index (χ1v) is 6.44. The lowest BCUT2D eigenvalue weighted by molar-refractivity contribution is 0.0921. The van der Waals surface area contributed by atoms with Crippen LogP contribution in [-0.4, -0.2) is 55.6 Å². The third-order valence-electron chi connectivity index (χ3n) is 3.62. The van der Waals surface area contributed by atoms with E-state index in [1.54, 1.807) is 0 Å². The smallest absolute Gasteiger partial charge is 0.0371 e. The van der Waals surface area contributed by atoms with E-state index in [2.05, 4.69) is 44.7 Å². The first-order valence-electron chi connectivity index (χ1n) is 6.44. The summed E-state index contributed by atoms with van der Waals surface area (Å²) in [5.74, 6) is 0. The van der Waals surface area contributed by atoms with Gasteiger partial charge in [-0.2, -0.15) is 0 Å². The summed E-state index contributed by atoms with van der Waals surface area (Å²) in [6.07, 6.45) is 2.34. The minimum atomic E-state index is 0.312. The first-order chi connectivity index (χ1) is 7.29. The molecule has 16 heavy (non-hydrogen) atoms. The molecule has 2 unspecified atom stereocenters. The minimum Gasteiger partial charge on any atom is -0.326 e. The van der Waals surface area contributed by atoms with Gasteiger partial charge in [-0.1, -0.05) is 20.8 Å². The molecule has 0 aliphatic carbocycles. The van der Waals surface area contributed by atoms with Gasteiger partial charge in [0.1, 0.15) is 0 Å². The van der Waals surface area contributed by atoms with Crippen molar-refractivity contribution in [3.8, 4) is 0 Å². The maximum atomic E-state index is 6.34. The van der Waals surface area contributed by atoms with Gasteiger partial charge < -0.3 is 10.6 Å². The second-order valence-corrected chi connectivity index (χ2v) is 6.57. The fourth-order valence-corrected chi connectivity index (χ4v) is 2.30. The van der Waals surface area contributed by atoms with Gasteiger partial charge >= 0.3 is 0 Å². The van der Waals surface area contributed by atoms with E-state index in [1.165, 1.54) is 13.0 Å². The van der Waals surface area contributed by atoms with Crippen LogP contribution < -0.4 is 5.73 Å². The molecular formula is C13H29N3. The fraction of sp³-hybridized carbons (Fsp3) is 1.00. The highest BCUT2D eigenvalue weighted by Gasteiger charge is 2.28. The maximum absolute atomic E-state index is 6.34.